The maximum Gasteiger partial charge on any atom is 0.332 e. The molecule has 0 aliphatic rings. The lowest BCUT2D eigenvalue weighted by atomic mass is 10.2. The van der Waals surface area contributed by atoms with Crippen molar-refractivity contribution in [2.45, 2.75) is 20.0 Å². The second-order valence-corrected chi connectivity index (χ2v) is 7.68. The summed E-state index contributed by atoms with van der Waals surface area (Å²) in [5.41, 5.74) is 1.35. The third-order valence-corrected chi connectivity index (χ3v) is 5.59. The van der Waals surface area contributed by atoms with Crippen molar-refractivity contribution >= 4 is 40.1 Å². The molecule has 0 aliphatic carbocycles. The van der Waals surface area contributed by atoms with Gasteiger partial charge in [-0.25, -0.2) is 4.79 Å². The van der Waals surface area contributed by atoms with Gasteiger partial charge in [0.1, 0.15) is 0 Å². The highest BCUT2D eigenvalue weighted by atomic mass is 35.5. The summed E-state index contributed by atoms with van der Waals surface area (Å²) in [6.07, 6.45) is 1.84. The molecule has 152 valence electrons. The molecule has 10 heteroatoms. The monoisotopic (exact) mass is 435 g/mol. The first-order valence-corrected chi connectivity index (χ1v) is 9.69. The highest BCUT2D eigenvalue weighted by molar-refractivity contribution is 6.35. The maximum atomic E-state index is 13.3. The second kappa shape index (κ2) is 7.37. The van der Waals surface area contributed by atoms with Crippen LogP contribution in [0.1, 0.15) is 11.3 Å². The first-order valence-electron chi connectivity index (χ1n) is 8.94. The number of benzene rings is 1. The number of methoxy groups -OCH3 is 1. The highest BCUT2D eigenvalue weighted by Gasteiger charge is 2.20. The molecular formula is C19H19Cl2N5O3. The average molecular weight is 436 g/mol. The number of fused-ring (bicyclic) bond motifs is 3. The van der Waals surface area contributed by atoms with Crippen molar-refractivity contribution in [3.05, 3.63) is 66.5 Å². The number of hydrogen-bond donors (Lipinski definition) is 0. The Morgan fingerprint density at radius 2 is 1.93 bits per heavy atom. The minimum Gasteiger partial charge on any atom is -0.383 e. The molecule has 0 bridgehead atoms. The van der Waals surface area contributed by atoms with Gasteiger partial charge < -0.3 is 9.30 Å². The van der Waals surface area contributed by atoms with Crippen LogP contribution in [0.2, 0.25) is 10.0 Å². The van der Waals surface area contributed by atoms with Crippen LogP contribution in [0, 0.1) is 6.92 Å². The molecule has 29 heavy (non-hydrogen) atoms. The third-order valence-electron chi connectivity index (χ3n) is 5.00. The minimum atomic E-state index is -0.463. The van der Waals surface area contributed by atoms with Gasteiger partial charge in [-0.05, 0) is 24.6 Å². The molecule has 4 aromatic rings. The van der Waals surface area contributed by atoms with E-state index in [4.69, 9.17) is 27.9 Å². The van der Waals surface area contributed by atoms with E-state index < -0.39 is 11.2 Å². The number of aromatic nitrogens is 5. The molecule has 3 aromatic heterocycles. The zero-order valence-corrected chi connectivity index (χ0v) is 17.7. The Balaban J connectivity index is 1.96. The van der Waals surface area contributed by atoms with E-state index in [0.717, 1.165) is 10.3 Å². The van der Waals surface area contributed by atoms with Crippen LogP contribution in [0.25, 0.3) is 16.9 Å². The van der Waals surface area contributed by atoms with Gasteiger partial charge in [0.2, 0.25) is 5.78 Å². The van der Waals surface area contributed by atoms with Gasteiger partial charge in [-0.1, -0.05) is 29.3 Å². The summed E-state index contributed by atoms with van der Waals surface area (Å²) in [4.78, 5) is 30.7. The van der Waals surface area contributed by atoms with Crippen LogP contribution < -0.4 is 11.2 Å². The Kier molecular flexibility index (Phi) is 5.02. The molecule has 1 aromatic carbocycles. The first kappa shape index (κ1) is 19.8. The fourth-order valence-electron chi connectivity index (χ4n) is 3.47. The van der Waals surface area contributed by atoms with Gasteiger partial charge in [-0.2, -0.15) is 4.98 Å². The van der Waals surface area contributed by atoms with Crippen LogP contribution in [0.4, 0.5) is 0 Å². The van der Waals surface area contributed by atoms with Crippen LogP contribution in [0.3, 0.4) is 0 Å². The maximum absolute atomic E-state index is 13.3. The van der Waals surface area contributed by atoms with Crippen LogP contribution >= 0.6 is 23.2 Å². The van der Waals surface area contributed by atoms with E-state index in [1.165, 1.54) is 4.57 Å². The molecule has 3 heterocycles. The van der Waals surface area contributed by atoms with Crippen molar-refractivity contribution in [3.63, 3.8) is 0 Å². The van der Waals surface area contributed by atoms with Crippen molar-refractivity contribution in [1.82, 2.24) is 23.1 Å². The molecule has 4 rings (SSSR count). The molecular weight excluding hydrogens is 417 g/mol. The fourth-order valence-corrected chi connectivity index (χ4v) is 3.94. The Bertz CT molecular complexity index is 1360. The first-order chi connectivity index (χ1) is 13.8. The lowest BCUT2D eigenvalue weighted by molar-refractivity contribution is 0.187. The Hall–Kier alpha value is -2.55. The zero-order chi connectivity index (χ0) is 20.9. The highest BCUT2D eigenvalue weighted by Crippen LogP contribution is 2.21. The zero-order valence-electron chi connectivity index (χ0n) is 16.1. The fraction of sp³-hybridized carbons (Fsp3) is 0.316. The molecule has 0 unspecified atom stereocenters. The smallest absolute Gasteiger partial charge is 0.332 e. The molecule has 0 atom stereocenters. The normalized spacial score (nSPS) is 11.8. The SMILES string of the molecule is COCCn1c(C)cn2c3c(=O)n(Cc4ccc(Cl)cc4Cl)c(=O)n(C)c3nc12. The molecule has 0 spiro atoms. The van der Waals surface area contributed by atoms with E-state index in [9.17, 15) is 9.59 Å². The van der Waals surface area contributed by atoms with Crippen LogP contribution in [-0.4, -0.2) is 36.8 Å². The van der Waals surface area contributed by atoms with E-state index in [1.54, 1.807) is 36.8 Å². The third kappa shape index (κ3) is 3.17. The van der Waals surface area contributed by atoms with Gasteiger partial charge in [0, 0.05) is 42.6 Å². The molecule has 0 aliphatic heterocycles. The average Bonchev–Trinajstić information content (AvgIpc) is 3.18. The van der Waals surface area contributed by atoms with Crippen molar-refractivity contribution in [1.29, 1.82) is 0 Å². The van der Waals surface area contributed by atoms with Gasteiger partial charge >= 0.3 is 5.69 Å². The van der Waals surface area contributed by atoms with Gasteiger partial charge in [0.05, 0.1) is 13.2 Å². The molecule has 0 fully saturated rings. The van der Waals surface area contributed by atoms with Crippen LogP contribution in [0.5, 0.6) is 0 Å². The van der Waals surface area contributed by atoms with Crippen LogP contribution in [0.15, 0.2) is 34.0 Å². The second-order valence-electron chi connectivity index (χ2n) is 6.84. The van der Waals surface area contributed by atoms with Crippen molar-refractivity contribution in [2.75, 3.05) is 13.7 Å². The summed E-state index contributed by atoms with van der Waals surface area (Å²) >= 11 is 12.2. The summed E-state index contributed by atoms with van der Waals surface area (Å²) < 4.78 is 11.4. The number of ether oxygens (including phenoxy) is 1. The quantitative estimate of drug-likeness (QED) is 0.482. The lowest BCUT2D eigenvalue weighted by Gasteiger charge is -2.09. The number of hydrogen-bond acceptors (Lipinski definition) is 4. The molecule has 8 nitrogen and oxygen atoms in total. The predicted molar refractivity (Wildman–Crippen MR) is 112 cm³/mol. The Labute approximate surface area is 175 Å². The minimum absolute atomic E-state index is 0.0358. The number of nitrogens with zero attached hydrogens (tertiary/aromatic N) is 5. The number of halogens is 2. The van der Waals surface area contributed by atoms with E-state index in [2.05, 4.69) is 4.98 Å². The summed E-state index contributed by atoms with van der Waals surface area (Å²) in [7, 11) is 3.23. The van der Waals surface area contributed by atoms with Gasteiger partial charge in [0.25, 0.3) is 5.56 Å². The molecule has 0 radical (unpaired) electrons. The lowest BCUT2D eigenvalue weighted by Crippen LogP contribution is -2.39. The number of imidazole rings is 2. The Morgan fingerprint density at radius 1 is 1.17 bits per heavy atom. The van der Waals surface area contributed by atoms with Crippen molar-refractivity contribution < 1.29 is 4.74 Å². The van der Waals surface area contributed by atoms with E-state index in [0.29, 0.717) is 45.7 Å². The summed E-state index contributed by atoms with van der Waals surface area (Å²) in [5, 5.41) is 0.881. The van der Waals surface area contributed by atoms with E-state index in [-0.39, 0.29) is 6.54 Å². The predicted octanol–water partition coefficient (Wildman–Crippen LogP) is 2.46. The van der Waals surface area contributed by atoms with Crippen molar-refractivity contribution in [2.24, 2.45) is 7.05 Å². The van der Waals surface area contributed by atoms with Gasteiger partial charge in [0.15, 0.2) is 11.2 Å². The summed E-state index contributed by atoms with van der Waals surface area (Å²) in [6.45, 7) is 3.06. The van der Waals surface area contributed by atoms with Crippen LogP contribution in [-0.2, 0) is 24.9 Å². The standard InChI is InChI=1S/C19H19Cl2N5O3/c1-11-9-25-15-16(22-18(25)24(11)6-7-29-3)23(2)19(28)26(17(15)27)10-12-4-5-13(20)8-14(12)21/h4-5,8-9H,6-7,10H2,1-3H3. The Morgan fingerprint density at radius 3 is 2.62 bits per heavy atom. The topological polar surface area (TPSA) is 75.5 Å². The number of rotatable bonds is 5. The van der Waals surface area contributed by atoms with Gasteiger partial charge in [-0.15, -0.1) is 0 Å². The molecule has 0 N–H and O–H groups in total. The molecule has 0 saturated heterocycles. The molecule has 0 saturated carbocycles. The van der Waals surface area contributed by atoms with E-state index >= 15 is 0 Å². The van der Waals surface area contributed by atoms with E-state index in [1.807, 2.05) is 17.7 Å². The number of aryl methyl sites for hydroxylation is 2. The van der Waals surface area contributed by atoms with Gasteiger partial charge in [-0.3, -0.25) is 18.3 Å². The largest absolute Gasteiger partial charge is 0.383 e. The summed E-state index contributed by atoms with van der Waals surface area (Å²) in [5.74, 6) is 0.587. The summed E-state index contributed by atoms with van der Waals surface area (Å²) in [6, 6.07) is 4.97. The van der Waals surface area contributed by atoms with Crippen molar-refractivity contribution in [3.8, 4) is 0 Å². The molecule has 0 amide bonds.